The van der Waals surface area contributed by atoms with Crippen molar-refractivity contribution in [3.05, 3.63) is 28.6 Å². The van der Waals surface area contributed by atoms with Crippen LogP contribution in [0.2, 0.25) is 0 Å². The predicted molar refractivity (Wildman–Crippen MR) is 56.9 cm³/mol. The summed E-state index contributed by atoms with van der Waals surface area (Å²) in [6, 6.07) is 1.44. The Labute approximate surface area is 92.8 Å². The average molecular weight is 223 g/mol. The van der Waals surface area contributed by atoms with Gasteiger partial charge in [-0.1, -0.05) is 13.8 Å². The Kier molecular flexibility index (Phi) is 3.60. The number of hydrogen-bond donors (Lipinski definition) is 2. The van der Waals surface area contributed by atoms with Crippen molar-refractivity contribution < 1.29 is 19.8 Å². The normalized spacial score (nSPS) is 10.1. The highest BCUT2D eigenvalue weighted by Crippen LogP contribution is 2.16. The van der Waals surface area contributed by atoms with Gasteiger partial charge in [-0.05, 0) is 30.0 Å². The second-order valence-electron chi connectivity index (χ2n) is 3.31. The van der Waals surface area contributed by atoms with Crippen LogP contribution in [0.15, 0.2) is 6.07 Å². The first-order chi connectivity index (χ1) is 7.51. The lowest BCUT2D eigenvalue weighted by Gasteiger charge is -2.09. The van der Waals surface area contributed by atoms with E-state index in [1.807, 2.05) is 13.8 Å². The van der Waals surface area contributed by atoms with Gasteiger partial charge in [-0.2, -0.15) is 0 Å². The van der Waals surface area contributed by atoms with Crippen LogP contribution in [0.3, 0.4) is 0 Å². The van der Waals surface area contributed by atoms with Gasteiger partial charge >= 0.3 is 11.9 Å². The Morgan fingerprint density at radius 2 is 1.81 bits per heavy atom. The summed E-state index contributed by atoms with van der Waals surface area (Å²) in [6.45, 7) is 3.68. The van der Waals surface area contributed by atoms with Crippen molar-refractivity contribution in [1.29, 1.82) is 0 Å². The van der Waals surface area contributed by atoms with E-state index in [2.05, 4.69) is 4.98 Å². The van der Waals surface area contributed by atoms with Gasteiger partial charge < -0.3 is 10.2 Å². The summed E-state index contributed by atoms with van der Waals surface area (Å²) in [5, 5.41) is 17.8. The molecule has 86 valence electrons. The van der Waals surface area contributed by atoms with Crippen LogP contribution in [0.25, 0.3) is 0 Å². The van der Waals surface area contributed by atoms with E-state index in [0.717, 1.165) is 5.56 Å². The van der Waals surface area contributed by atoms with E-state index in [0.29, 0.717) is 18.4 Å². The molecule has 0 bridgehead atoms. The molecule has 0 atom stereocenters. The van der Waals surface area contributed by atoms with Gasteiger partial charge in [0.1, 0.15) is 5.69 Å². The molecule has 1 aromatic rings. The van der Waals surface area contributed by atoms with Crippen LogP contribution in [0, 0.1) is 0 Å². The zero-order valence-electron chi connectivity index (χ0n) is 9.15. The Morgan fingerprint density at radius 1 is 1.19 bits per heavy atom. The predicted octanol–water partition coefficient (Wildman–Crippen LogP) is 1.60. The molecule has 1 aromatic heterocycles. The molecule has 0 radical (unpaired) electrons. The molecule has 0 saturated heterocycles. The SMILES string of the molecule is CCc1cc(C(=O)O)nc(C(=O)O)c1CC. The van der Waals surface area contributed by atoms with Gasteiger partial charge in [0.15, 0.2) is 5.69 Å². The number of nitrogens with zero attached hydrogens (tertiary/aromatic N) is 1. The summed E-state index contributed by atoms with van der Waals surface area (Å²) in [6.07, 6.45) is 1.12. The summed E-state index contributed by atoms with van der Waals surface area (Å²) in [4.78, 5) is 25.4. The lowest BCUT2D eigenvalue weighted by atomic mass is 10.0. The molecular weight excluding hydrogens is 210 g/mol. The number of aromatic nitrogens is 1. The summed E-state index contributed by atoms with van der Waals surface area (Å²) in [5.74, 6) is -2.39. The van der Waals surface area contributed by atoms with Crippen LogP contribution < -0.4 is 0 Å². The number of carboxylic acid groups (broad SMARTS) is 2. The van der Waals surface area contributed by atoms with Gasteiger partial charge in [-0.3, -0.25) is 0 Å². The van der Waals surface area contributed by atoms with E-state index >= 15 is 0 Å². The molecule has 1 rings (SSSR count). The molecule has 16 heavy (non-hydrogen) atoms. The van der Waals surface area contributed by atoms with Crippen LogP contribution in [0.4, 0.5) is 0 Å². The number of carbonyl (C=O) groups is 2. The number of aromatic carboxylic acids is 2. The van der Waals surface area contributed by atoms with E-state index in [1.165, 1.54) is 6.07 Å². The number of aryl methyl sites for hydroxylation is 1. The highest BCUT2D eigenvalue weighted by atomic mass is 16.4. The topological polar surface area (TPSA) is 87.5 Å². The van der Waals surface area contributed by atoms with Gasteiger partial charge in [0.05, 0.1) is 0 Å². The molecule has 0 amide bonds. The van der Waals surface area contributed by atoms with E-state index in [1.54, 1.807) is 0 Å². The van der Waals surface area contributed by atoms with Crippen molar-refractivity contribution in [2.75, 3.05) is 0 Å². The molecular formula is C11H13NO4. The van der Waals surface area contributed by atoms with Gasteiger partial charge in [0, 0.05) is 0 Å². The lowest BCUT2D eigenvalue weighted by Crippen LogP contribution is -2.13. The van der Waals surface area contributed by atoms with Crippen molar-refractivity contribution in [3.8, 4) is 0 Å². The fourth-order valence-corrected chi connectivity index (χ4v) is 1.62. The molecule has 5 heteroatoms. The Morgan fingerprint density at radius 3 is 2.19 bits per heavy atom. The third-order valence-electron chi connectivity index (χ3n) is 2.37. The van der Waals surface area contributed by atoms with E-state index in [9.17, 15) is 9.59 Å². The van der Waals surface area contributed by atoms with Gasteiger partial charge in [0.25, 0.3) is 0 Å². The molecule has 0 spiro atoms. The van der Waals surface area contributed by atoms with Gasteiger partial charge in [-0.25, -0.2) is 14.6 Å². The first-order valence-electron chi connectivity index (χ1n) is 5.00. The maximum atomic E-state index is 11.0. The summed E-state index contributed by atoms with van der Waals surface area (Å²) in [5.41, 5.74) is 0.970. The number of hydrogen-bond acceptors (Lipinski definition) is 3. The smallest absolute Gasteiger partial charge is 0.354 e. The summed E-state index contributed by atoms with van der Waals surface area (Å²) >= 11 is 0. The van der Waals surface area contributed by atoms with Crippen molar-refractivity contribution in [2.24, 2.45) is 0 Å². The molecule has 0 aliphatic rings. The molecule has 0 saturated carbocycles. The minimum atomic E-state index is -1.21. The molecule has 5 nitrogen and oxygen atoms in total. The third-order valence-corrected chi connectivity index (χ3v) is 2.37. The fourth-order valence-electron chi connectivity index (χ4n) is 1.62. The molecule has 0 fully saturated rings. The van der Waals surface area contributed by atoms with Crippen molar-refractivity contribution >= 4 is 11.9 Å². The van der Waals surface area contributed by atoms with Crippen LogP contribution in [0.5, 0.6) is 0 Å². The fraction of sp³-hybridized carbons (Fsp3) is 0.364. The monoisotopic (exact) mass is 223 g/mol. The van der Waals surface area contributed by atoms with Crippen molar-refractivity contribution in [1.82, 2.24) is 4.98 Å². The van der Waals surface area contributed by atoms with Gasteiger partial charge in [0.2, 0.25) is 0 Å². The van der Waals surface area contributed by atoms with E-state index < -0.39 is 11.9 Å². The maximum absolute atomic E-state index is 11.0. The lowest BCUT2D eigenvalue weighted by molar-refractivity contribution is 0.0684. The van der Waals surface area contributed by atoms with E-state index in [-0.39, 0.29) is 11.4 Å². The highest BCUT2D eigenvalue weighted by Gasteiger charge is 2.18. The van der Waals surface area contributed by atoms with Crippen LogP contribution >= 0.6 is 0 Å². The van der Waals surface area contributed by atoms with Crippen LogP contribution in [-0.4, -0.2) is 27.1 Å². The molecule has 0 aromatic carbocycles. The standard InChI is InChI=1S/C11H13NO4/c1-3-6-5-8(10(13)14)12-9(11(15)16)7(6)4-2/h5H,3-4H2,1-2H3,(H,13,14)(H,15,16). The second kappa shape index (κ2) is 4.74. The Balaban J connectivity index is 3.49. The minimum Gasteiger partial charge on any atom is -0.477 e. The first kappa shape index (κ1) is 12.2. The second-order valence-corrected chi connectivity index (χ2v) is 3.31. The van der Waals surface area contributed by atoms with Gasteiger partial charge in [-0.15, -0.1) is 0 Å². The highest BCUT2D eigenvalue weighted by molar-refractivity contribution is 5.91. The maximum Gasteiger partial charge on any atom is 0.354 e. The number of carboxylic acids is 2. The summed E-state index contributed by atoms with van der Waals surface area (Å²) in [7, 11) is 0. The zero-order chi connectivity index (χ0) is 12.3. The van der Waals surface area contributed by atoms with Crippen LogP contribution in [-0.2, 0) is 12.8 Å². The average Bonchev–Trinajstić information content (AvgIpc) is 2.26. The quantitative estimate of drug-likeness (QED) is 0.809. The third kappa shape index (κ3) is 2.18. The molecule has 1 heterocycles. The Bertz CT molecular complexity index is 440. The van der Waals surface area contributed by atoms with Crippen LogP contribution in [0.1, 0.15) is 46.0 Å². The number of rotatable bonds is 4. The van der Waals surface area contributed by atoms with Crippen molar-refractivity contribution in [2.45, 2.75) is 26.7 Å². The number of pyridine rings is 1. The molecule has 0 unspecified atom stereocenters. The first-order valence-corrected chi connectivity index (χ1v) is 5.00. The van der Waals surface area contributed by atoms with E-state index in [4.69, 9.17) is 10.2 Å². The van der Waals surface area contributed by atoms with Crippen molar-refractivity contribution in [3.63, 3.8) is 0 Å². The molecule has 0 aliphatic heterocycles. The Hall–Kier alpha value is -1.91. The molecule has 2 N–H and O–H groups in total. The minimum absolute atomic E-state index is 0.153. The zero-order valence-corrected chi connectivity index (χ0v) is 9.15. The largest absolute Gasteiger partial charge is 0.477 e. The molecule has 0 aliphatic carbocycles. The summed E-state index contributed by atoms with van der Waals surface area (Å²) < 4.78 is 0.